The molecule has 4 N–H and O–H groups in total. The number of aromatic nitrogens is 1. The van der Waals surface area contributed by atoms with Crippen LogP contribution >= 0.6 is 0 Å². The Morgan fingerprint density at radius 2 is 2.36 bits per heavy atom. The molecule has 1 aromatic heterocycles. The van der Waals surface area contributed by atoms with Crippen LogP contribution in [0, 0.1) is 0 Å². The molecule has 0 unspecified atom stereocenters. The van der Waals surface area contributed by atoms with Crippen molar-refractivity contribution >= 4 is 11.7 Å². The summed E-state index contributed by atoms with van der Waals surface area (Å²) in [5.74, 6) is 5.46. The van der Waals surface area contributed by atoms with Crippen LogP contribution in [-0.4, -0.2) is 16.9 Å². The van der Waals surface area contributed by atoms with E-state index in [4.69, 9.17) is 5.84 Å². The first kappa shape index (κ1) is 8.96. The number of rotatable bonds is 3. The first-order valence-electron chi connectivity index (χ1n) is 4.53. The molecule has 2 rings (SSSR count). The molecule has 5 nitrogen and oxygen atoms in total. The van der Waals surface area contributed by atoms with Crippen molar-refractivity contribution in [3.05, 3.63) is 23.9 Å². The molecule has 1 aliphatic carbocycles. The third kappa shape index (κ3) is 2.00. The van der Waals surface area contributed by atoms with Crippen LogP contribution in [0.1, 0.15) is 23.2 Å². The monoisotopic (exact) mass is 192 g/mol. The molecule has 1 saturated carbocycles. The van der Waals surface area contributed by atoms with E-state index < -0.39 is 0 Å². The van der Waals surface area contributed by atoms with E-state index in [1.165, 1.54) is 12.8 Å². The van der Waals surface area contributed by atoms with Gasteiger partial charge in [0, 0.05) is 17.8 Å². The molecule has 5 heteroatoms. The van der Waals surface area contributed by atoms with E-state index in [0.717, 1.165) is 5.82 Å². The van der Waals surface area contributed by atoms with Crippen molar-refractivity contribution in [1.82, 2.24) is 10.4 Å². The number of hydrazine groups is 1. The maximum absolute atomic E-state index is 11.2. The van der Waals surface area contributed by atoms with Crippen molar-refractivity contribution in [2.75, 3.05) is 5.32 Å². The van der Waals surface area contributed by atoms with E-state index in [0.29, 0.717) is 11.6 Å². The number of nitrogens with two attached hydrogens (primary N) is 1. The van der Waals surface area contributed by atoms with Crippen molar-refractivity contribution in [3.8, 4) is 0 Å². The summed E-state index contributed by atoms with van der Waals surface area (Å²) in [6.07, 6.45) is 3.94. The number of nitrogens with zero attached hydrogens (tertiary/aromatic N) is 1. The molecule has 74 valence electrons. The summed E-state index contributed by atoms with van der Waals surface area (Å²) in [5, 5.41) is 3.20. The number of nitrogen functional groups attached to an aromatic ring is 1. The van der Waals surface area contributed by atoms with Gasteiger partial charge in [-0.2, -0.15) is 0 Å². The first-order chi connectivity index (χ1) is 6.79. The van der Waals surface area contributed by atoms with Gasteiger partial charge in [-0.05, 0) is 25.0 Å². The Hall–Kier alpha value is -1.62. The third-order valence-electron chi connectivity index (χ3n) is 2.08. The largest absolute Gasteiger partial charge is 0.367 e. The topological polar surface area (TPSA) is 80.0 Å². The average Bonchev–Trinajstić information content (AvgIpc) is 3.01. The highest BCUT2D eigenvalue weighted by Crippen LogP contribution is 2.23. The molecule has 1 aromatic rings. The molecule has 0 saturated heterocycles. The fraction of sp³-hybridized carbons (Fsp3) is 0.333. The Kier molecular flexibility index (Phi) is 2.32. The standard InChI is InChI=1S/C9H12N4O/c10-13-9(14)6-3-4-11-8(5-6)12-7-1-2-7/h3-5,7H,1-2,10H2,(H,11,12)(H,13,14). The number of carbonyl (C=O) groups is 1. The van der Waals surface area contributed by atoms with Crippen molar-refractivity contribution in [3.63, 3.8) is 0 Å². The smallest absolute Gasteiger partial charge is 0.265 e. The molecule has 0 bridgehead atoms. The van der Waals surface area contributed by atoms with Crippen molar-refractivity contribution in [1.29, 1.82) is 0 Å². The zero-order valence-electron chi connectivity index (χ0n) is 7.66. The minimum Gasteiger partial charge on any atom is -0.367 e. The number of pyridine rings is 1. The molecule has 1 heterocycles. The Morgan fingerprint density at radius 1 is 1.57 bits per heavy atom. The lowest BCUT2D eigenvalue weighted by molar-refractivity contribution is 0.0953. The summed E-state index contributed by atoms with van der Waals surface area (Å²) in [6, 6.07) is 3.85. The summed E-state index contributed by atoms with van der Waals surface area (Å²) in [6.45, 7) is 0. The quantitative estimate of drug-likeness (QED) is 0.364. The Labute approximate surface area is 81.7 Å². The summed E-state index contributed by atoms with van der Waals surface area (Å²) < 4.78 is 0. The second-order valence-electron chi connectivity index (χ2n) is 3.32. The lowest BCUT2D eigenvalue weighted by atomic mass is 10.2. The summed E-state index contributed by atoms with van der Waals surface area (Å²) in [4.78, 5) is 15.3. The molecule has 0 atom stereocenters. The highest BCUT2D eigenvalue weighted by Gasteiger charge is 2.21. The van der Waals surface area contributed by atoms with Gasteiger partial charge in [0.1, 0.15) is 5.82 Å². The molecular formula is C9H12N4O. The van der Waals surface area contributed by atoms with Crippen LogP contribution in [0.5, 0.6) is 0 Å². The van der Waals surface area contributed by atoms with Gasteiger partial charge in [-0.1, -0.05) is 0 Å². The zero-order chi connectivity index (χ0) is 9.97. The highest BCUT2D eigenvalue weighted by atomic mass is 16.2. The van der Waals surface area contributed by atoms with Gasteiger partial charge >= 0.3 is 0 Å². The van der Waals surface area contributed by atoms with E-state index >= 15 is 0 Å². The van der Waals surface area contributed by atoms with E-state index in [2.05, 4.69) is 15.7 Å². The predicted octanol–water partition coefficient (Wildman–Crippen LogP) is 0.259. The van der Waals surface area contributed by atoms with Crippen molar-refractivity contribution in [2.24, 2.45) is 5.84 Å². The van der Waals surface area contributed by atoms with Gasteiger partial charge in [0.2, 0.25) is 0 Å². The number of carbonyl (C=O) groups excluding carboxylic acids is 1. The molecule has 0 spiro atoms. The number of hydrogen-bond donors (Lipinski definition) is 3. The number of nitrogens with one attached hydrogen (secondary N) is 2. The van der Waals surface area contributed by atoms with Gasteiger partial charge in [0.05, 0.1) is 0 Å². The molecule has 1 aliphatic rings. The number of hydrogen-bond acceptors (Lipinski definition) is 4. The Bertz CT molecular complexity index is 348. The zero-order valence-corrected chi connectivity index (χ0v) is 7.66. The van der Waals surface area contributed by atoms with Gasteiger partial charge in [0.25, 0.3) is 5.91 Å². The first-order valence-corrected chi connectivity index (χ1v) is 4.53. The van der Waals surface area contributed by atoms with E-state index in [1.807, 2.05) is 0 Å². The molecule has 0 aliphatic heterocycles. The van der Waals surface area contributed by atoms with Crippen molar-refractivity contribution < 1.29 is 4.79 Å². The molecular weight excluding hydrogens is 180 g/mol. The van der Waals surface area contributed by atoms with E-state index in [1.54, 1.807) is 18.3 Å². The average molecular weight is 192 g/mol. The van der Waals surface area contributed by atoms with Crippen LogP contribution in [0.25, 0.3) is 0 Å². The fourth-order valence-electron chi connectivity index (χ4n) is 1.17. The molecule has 1 fully saturated rings. The minimum absolute atomic E-state index is 0.300. The van der Waals surface area contributed by atoms with E-state index in [-0.39, 0.29) is 5.91 Å². The summed E-state index contributed by atoms with van der Waals surface area (Å²) >= 11 is 0. The van der Waals surface area contributed by atoms with Crippen LogP contribution in [0.2, 0.25) is 0 Å². The fourth-order valence-corrected chi connectivity index (χ4v) is 1.17. The molecule has 14 heavy (non-hydrogen) atoms. The van der Waals surface area contributed by atoms with Crippen LogP contribution in [0.15, 0.2) is 18.3 Å². The van der Waals surface area contributed by atoms with Gasteiger partial charge < -0.3 is 5.32 Å². The normalized spacial score (nSPS) is 14.9. The Balaban J connectivity index is 2.12. The van der Waals surface area contributed by atoms with Gasteiger partial charge in [-0.25, -0.2) is 10.8 Å². The predicted molar refractivity (Wildman–Crippen MR) is 52.5 cm³/mol. The number of anilines is 1. The molecule has 1 amide bonds. The highest BCUT2D eigenvalue weighted by molar-refractivity contribution is 5.94. The number of amides is 1. The lowest BCUT2D eigenvalue weighted by Gasteiger charge is -2.04. The SMILES string of the molecule is NNC(=O)c1ccnc(NC2CC2)c1. The third-order valence-corrected chi connectivity index (χ3v) is 2.08. The maximum Gasteiger partial charge on any atom is 0.265 e. The van der Waals surface area contributed by atoms with E-state index in [9.17, 15) is 4.79 Å². The second kappa shape index (κ2) is 3.63. The molecule has 0 radical (unpaired) electrons. The lowest BCUT2D eigenvalue weighted by Crippen LogP contribution is -2.30. The van der Waals surface area contributed by atoms with Gasteiger partial charge in [-0.15, -0.1) is 0 Å². The summed E-state index contributed by atoms with van der Waals surface area (Å²) in [5.41, 5.74) is 2.60. The van der Waals surface area contributed by atoms with Gasteiger partial charge in [-0.3, -0.25) is 10.2 Å². The van der Waals surface area contributed by atoms with Gasteiger partial charge in [0.15, 0.2) is 0 Å². The second-order valence-corrected chi connectivity index (χ2v) is 3.32. The van der Waals surface area contributed by atoms with Crippen LogP contribution < -0.4 is 16.6 Å². The van der Waals surface area contributed by atoms with Crippen molar-refractivity contribution in [2.45, 2.75) is 18.9 Å². The van der Waals surface area contributed by atoms with Crippen LogP contribution in [0.4, 0.5) is 5.82 Å². The van der Waals surface area contributed by atoms with Crippen LogP contribution in [-0.2, 0) is 0 Å². The Morgan fingerprint density at radius 3 is 3.00 bits per heavy atom. The minimum atomic E-state index is -0.300. The molecule has 0 aromatic carbocycles. The van der Waals surface area contributed by atoms with Crippen LogP contribution in [0.3, 0.4) is 0 Å². The maximum atomic E-state index is 11.2. The summed E-state index contributed by atoms with van der Waals surface area (Å²) in [7, 11) is 0.